The average molecular weight is 487 g/mol. The van der Waals surface area contributed by atoms with Crippen LogP contribution in [0.25, 0.3) is 0 Å². The number of aliphatic carboxylic acids is 1. The Morgan fingerprint density at radius 2 is 1.63 bits per heavy atom. The normalized spacial score (nSPS) is 11.3. The molecule has 35 heavy (non-hydrogen) atoms. The highest BCUT2D eigenvalue weighted by Gasteiger charge is 2.21. The van der Waals surface area contributed by atoms with Crippen LogP contribution in [0.5, 0.6) is 11.5 Å². The molecule has 0 saturated carbocycles. The first-order valence-electron chi connectivity index (χ1n) is 11.3. The van der Waals surface area contributed by atoms with Gasteiger partial charge < -0.3 is 42.8 Å². The van der Waals surface area contributed by atoms with Crippen LogP contribution in [-0.2, 0) is 11.3 Å². The minimum absolute atomic E-state index is 0.0611. The van der Waals surface area contributed by atoms with Gasteiger partial charge in [0.25, 0.3) is 5.91 Å². The molecule has 2 aromatic rings. The van der Waals surface area contributed by atoms with Gasteiger partial charge in [-0.1, -0.05) is 12.1 Å². The van der Waals surface area contributed by atoms with Crippen molar-refractivity contribution in [1.82, 2.24) is 5.32 Å². The van der Waals surface area contributed by atoms with Crippen molar-refractivity contribution in [3.8, 4) is 11.5 Å². The van der Waals surface area contributed by atoms with Crippen molar-refractivity contribution >= 4 is 23.5 Å². The van der Waals surface area contributed by atoms with Crippen LogP contribution in [0, 0.1) is 0 Å². The number of carbonyl (C=O) groups excluding carboxylic acids is 1. The number of nitrogens with zero attached hydrogens (tertiary/aromatic N) is 1. The van der Waals surface area contributed by atoms with Crippen molar-refractivity contribution in [2.75, 3.05) is 25.5 Å². The number of benzene rings is 2. The van der Waals surface area contributed by atoms with Crippen LogP contribution in [-0.4, -0.2) is 48.7 Å². The van der Waals surface area contributed by atoms with Gasteiger partial charge in [-0.3, -0.25) is 4.79 Å². The number of amides is 1. The summed E-state index contributed by atoms with van der Waals surface area (Å²) in [4.78, 5) is 27.6. The molecule has 0 aromatic heterocycles. The van der Waals surface area contributed by atoms with E-state index >= 15 is 0 Å². The number of nitrogens with one attached hydrogen (secondary N) is 1. The molecule has 0 aliphatic heterocycles. The molecule has 2 rings (SSSR count). The summed E-state index contributed by atoms with van der Waals surface area (Å²) in [5.41, 5.74) is 23.5. The Bertz CT molecular complexity index is 992. The molecule has 0 radical (unpaired) electrons. The van der Waals surface area contributed by atoms with Crippen molar-refractivity contribution in [3.05, 3.63) is 53.6 Å². The predicted octanol–water partition coefficient (Wildman–Crippen LogP) is 1.20. The van der Waals surface area contributed by atoms with Crippen LogP contribution in [0.2, 0.25) is 0 Å². The first kappa shape index (κ1) is 27.3. The zero-order chi connectivity index (χ0) is 25.6. The highest BCUT2D eigenvalue weighted by molar-refractivity contribution is 5.99. The maximum absolute atomic E-state index is 12.5. The molecule has 1 amide bonds. The van der Waals surface area contributed by atoms with Crippen LogP contribution in [0.3, 0.4) is 0 Å². The lowest BCUT2D eigenvalue weighted by Gasteiger charge is -2.15. The van der Waals surface area contributed by atoms with E-state index in [-0.39, 0.29) is 18.1 Å². The van der Waals surface area contributed by atoms with Gasteiger partial charge in [0.1, 0.15) is 17.5 Å². The molecule has 0 saturated heterocycles. The Morgan fingerprint density at radius 3 is 2.23 bits per heavy atom. The number of nitrogens with two attached hydrogens (primary N) is 4. The number of anilines is 1. The third-order valence-corrected chi connectivity index (χ3v) is 5.02. The third-order valence-electron chi connectivity index (χ3n) is 5.02. The molecule has 11 nitrogen and oxygen atoms in total. The molecule has 190 valence electrons. The number of guanidine groups is 1. The van der Waals surface area contributed by atoms with Gasteiger partial charge in [0.05, 0.1) is 25.3 Å². The maximum Gasteiger partial charge on any atom is 0.327 e. The van der Waals surface area contributed by atoms with Crippen molar-refractivity contribution < 1.29 is 24.2 Å². The number of unbranched alkanes of at least 4 members (excludes halogenated alkanes) is 3. The highest BCUT2D eigenvalue weighted by Crippen LogP contribution is 2.22. The summed E-state index contributed by atoms with van der Waals surface area (Å²) in [5, 5.41) is 11.5. The molecule has 0 heterocycles. The summed E-state index contributed by atoms with van der Waals surface area (Å²) >= 11 is 0. The summed E-state index contributed by atoms with van der Waals surface area (Å²) < 4.78 is 11.5. The number of ether oxygens (including phenoxy) is 2. The van der Waals surface area contributed by atoms with E-state index < -0.39 is 17.9 Å². The Morgan fingerprint density at radius 1 is 0.971 bits per heavy atom. The van der Waals surface area contributed by atoms with E-state index in [1.807, 2.05) is 24.3 Å². The quantitative estimate of drug-likeness (QED) is 0.0925. The fraction of sp³-hybridized carbons (Fsp3) is 0.375. The summed E-state index contributed by atoms with van der Waals surface area (Å²) in [7, 11) is 0. The van der Waals surface area contributed by atoms with Gasteiger partial charge in [-0.25, -0.2) is 9.79 Å². The molecule has 0 fully saturated rings. The lowest BCUT2D eigenvalue weighted by Crippen LogP contribution is -2.45. The topological polar surface area (TPSA) is 201 Å². The number of carboxylic acid groups (broad SMARTS) is 1. The van der Waals surface area contributed by atoms with Gasteiger partial charge in [0.2, 0.25) is 0 Å². The summed E-state index contributed by atoms with van der Waals surface area (Å²) in [6, 6.07) is 11.0. The first-order chi connectivity index (χ1) is 16.8. The molecule has 0 aliphatic carbocycles. The van der Waals surface area contributed by atoms with E-state index in [0.29, 0.717) is 31.2 Å². The SMILES string of the molecule is NCC(NC(=O)c1ccc(N)cc1OCCCCCCOc1ccc(CN=C(N)N)cc1)C(=O)O. The second-order valence-electron chi connectivity index (χ2n) is 7.85. The van der Waals surface area contributed by atoms with Gasteiger partial charge in [0.15, 0.2) is 5.96 Å². The van der Waals surface area contributed by atoms with E-state index in [1.54, 1.807) is 12.1 Å². The van der Waals surface area contributed by atoms with Crippen LogP contribution < -0.4 is 37.7 Å². The summed E-state index contributed by atoms with van der Waals surface area (Å²) in [5.74, 6) is -0.642. The number of rotatable bonds is 15. The molecule has 0 spiro atoms. The minimum Gasteiger partial charge on any atom is -0.494 e. The van der Waals surface area contributed by atoms with E-state index in [2.05, 4.69) is 10.3 Å². The number of aliphatic imine (C=N–C) groups is 1. The molecule has 1 unspecified atom stereocenters. The maximum atomic E-state index is 12.5. The third kappa shape index (κ3) is 9.80. The first-order valence-corrected chi connectivity index (χ1v) is 11.3. The van der Waals surface area contributed by atoms with Crippen LogP contribution in [0.4, 0.5) is 5.69 Å². The molecule has 10 N–H and O–H groups in total. The largest absolute Gasteiger partial charge is 0.494 e. The smallest absolute Gasteiger partial charge is 0.327 e. The van der Waals surface area contributed by atoms with Crippen molar-refractivity contribution in [2.24, 2.45) is 22.2 Å². The van der Waals surface area contributed by atoms with Crippen LogP contribution in [0.15, 0.2) is 47.5 Å². The number of hydrogen-bond donors (Lipinski definition) is 6. The lowest BCUT2D eigenvalue weighted by atomic mass is 10.1. The fourth-order valence-electron chi connectivity index (χ4n) is 3.11. The van der Waals surface area contributed by atoms with Gasteiger partial charge in [0, 0.05) is 18.3 Å². The minimum atomic E-state index is -1.21. The van der Waals surface area contributed by atoms with Crippen molar-refractivity contribution in [1.29, 1.82) is 0 Å². The van der Waals surface area contributed by atoms with Gasteiger partial charge in [-0.15, -0.1) is 0 Å². The molecule has 0 aliphatic rings. The van der Waals surface area contributed by atoms with E-state index in [4.69, 9.17) is 37.5 Å². The van der Waals surface area contributed by atoms with Gasteiger partial charge >= 0.3 is 5.97 Å². The van der Waals surface area contributed by atoms with E-state index in [1.165, 1.54) is 6.07 Å². The van der Waals surface area contributed by atoms with Crippen molar-refractivity contribution in [2.45, 2.75) is 38.3 Å². The zero-order valence-corrected chi connectivity index (χ0v) is 19.6. The zero-order valence-electron chi connectivity index (χ0n) is 19.6. The second-order valence-corrected chi connectivity index (χ2v) is 7.85. The lowest BCUT2D eigenvalue weighted by molar-refractivity contribution is -0.138. The van der Waals surface area contributed by atoms with E-state index in [9.17, 15) is 9.59 Å². The second kappa shape index (κ2) is 14.3. The molecule has 0 bridgehead atoms. The van der Waals surface area contributed by atoms with Crippen LogP contribution in [0.1, 0.15) is 41.6 Å². The molecule has 11 heteroatoms. The van der Waals surface area contributed by atoms with Crippen LogP contribution >= 0.6 is 0 Å². The highest BCUT2D eigenvalue weighted by atomic mass is 16.5. The Labute approximate surface area is 204 Å². The van der Waals surface area contributed by atoms with Gasteiger partial charge in [-0.05, 0) is 55.5 Å². The Kier molecular flexibility index (Phi) is 11.1. The number of nitrogen functional groups attached to an aromatic ring is 1. The average Bonchev–Trinajstić information content (AvgIpc) is 2.83. The fourth-order valence-corrected chi connectivity index (χ4v) is 3.11. The summed E-state index contributed by atoms with van der Waals surface area (Å²) in [6.45, 7) is 1.20. The molecular weight excluding hydrogens is 452 g/mol. The molecule has 1 atom stereocenters. The number of hydrogen-bond acceptors (Lipinski definition) is 7. The monoisotopic (exact) mass is 486 g/mol. The molecule has 2 aromatic carbocycles. The number of carbonyl (C=O) groups is 2. The van der Waals surface area contributed by atoms with E-state index in [0.717, 1.165) is 37.0 Å². The van der Waals surface area contributed by atoms with Crippen molar-refractivity contribution in [3.63, 3.8) is 0 Å². The molecular formula is C24H34N6O5. The van der Waals surface area contributed by atoms with Gasteiger partial charge in [-0.2, -0.15) is 0 Å². The Hall–Kier alpha value is -3.99. The summed E-state index contributed by atoms with van der Waals surface area (Å²) in [6.07, 6.45) is 3.53. The standard InChI is InChI=1S/C24H34N6O5/c25-14-20(23(32)33)30-22(31)19-10-7-17(26)13-21(19)35-12-4-2-1-3-11-34-18-8-5-16(6-9-18)15-29-24(27)28/h5-10,13,20H,1-4,11-12,14-15,25-26H2,(H,30,31)(H,32,33)(H4,27,28,29). The predicted molar refractivity (Wildman–Crippen MR) is 134 cm³/mol. The number of carboxylic acids is 1. The Balaban J connectivity index is 1.69.